The molecule has 1 aliphatic heterocycles. The number of aliphatic hydroxyl groups is 1. The number of nitrogens with one attached hydrogen (secondary N) is 2. The number of hydrogen-bond donors (Lipinski definition) is 3. The van der Waals surface area contributed by atoms with Gasteiger partial charge in [0.25, 0.3) is 5.56 Å². The zero-order valence-electron chi connectivity index (χ0n) is 24.4. The van der Waals surface area contributed by atoms with E-state index in [1.54, 1.807) is 24.3 Å². The first-order valence-electron chi connectivity index (χ1n) is 14.2. The highest BCUT2D eigenvalue weighted by molar-refractivity contribution is 7.52. The lowest BCUT2D eigenvalue weighted by molar-refractivity contribution is -0.146. The summed E-state index contributed by atoms with van der Waals surface area (Å²) < 4.78 is 52.1. The van der Waals surface area contributed by atoms with Gasteiger partial charge in [-0.15, -0.1) is 0 Å². The third kappa shape index (κ3) is 7.79. The Labute approximate surface area is 247 Å². The van der Waals surface area contributed by atoms with Crippen molar-refractivity contribution in [2.24, 2.45) is 5.92 Å². The van der Waals surface area contributed by atoms with Crippen molar-refractivity contribution < 1.29 is 37.4 Å². The molecule has 6 atom stereocenters. The van der Waals surface area contributed by atoms with Crippen LogP contribution in [0, 0.1) is 11.7 Å². The van der Waals surface area contributed by atoms with Gasteiger partial charge >= 0.3 is 19.4 Å². The average Bonchev–Trinajstić information content (AvgIpc) is 3.36. The van der Waals surface area contributed by atoms with Gasteiger partial charge in [-0.25, -0.2) is 9.36 Å². The summed E-state index contributed by atoms with van der Waals surface area (Å²) in [4.78, 5) is 38.4. The van der Waals surface area contributed by atoms with E-state index in [0.717, 1.165) is 22.8 Å². The van der Waals surface area contributed by atoms with Gasteiger partial charge in [-0.05, 0) is 31.2 Å². The zero-order chi connectivity index (χ0) is 31.3. The molecule has 0 aliphatic carbocycles. The lowest BCUT2D eigenvalue weighted by Crippen LogP contribution is -2.39. The van der Waals surface area contributed by atoms with E-state index in [4.69, 9.17) is 18.5 Å². The summed E-state index contributed by atoms with van der Waals surface area (Å²) in [5.41, 5.74) is -2.11. The number of rotatable bonds is 13. The molecule has 1 aliphatic rings. The van der Waals surface area contributed by atoms with Gasteiger partial charge in [0.05, 0.1) is 25.0 Å². The molecule has 14 heteroatoms. The number of fused-ring (bicyclic) bond motifs is 1. The number of aliphatic hydroxyl groups excluding tert-OH is 1. The Hall–Kier alpha value is -3.35. The van der Waals surface area contributed by atoms with Crippen LogP contribution in [0.25, 0.3) is 10.8 Å². The molecule has 0 spiro atoms. The largest absolute Gasteiger partial charge is 0.464 e. The van der Waals surface area contributed by atoms with E-state index < -0.39 is 61.4 Å². The van der Waals surface area contributed by atoms with E-state index in [1.807, 2.05) is 37.0 Å². The van der Waals surface area contributed by atoms with Crippen molar-refractivity contribution in [2.75, 3.05) is 6.61 Å². The molecule has 1 aromatic heterocycles. The van der Waals surface area contributed by atoms with Crippen LogP contribution in [0.15, 0.2) is 58.3 Å². The number of aromatic amines is 1. The predicted octanol–water partition coefficient (Wildman–Crippen LogP) is 4.03. The Morgan fingerprint density at radius 1 is 1.19 bits per heavy atom. The molecule has 12 nitrogen and oxygen atoms in total. The van der Waals surface area contributed by atoms with E-state index >= 15 is 0 Å². The van der Waals surface area contributed by atoms with Crippen molar-refractivity contribution in [1.29, 1.82) is 0 Å². The first-order valence-corrected chi connectivity index (χ1v) is 15.7. The average molecular weight is 622 g/mol. The monoisotopic (exact) mass is 621 g/mol. The van der Waals surface area contributed by atoms with Gasteiger partial charge in [0.2, 0.25) is 5.82 Å². The number of carbonyl (C=O) groups excluding carboxylic acids is 1. The molecule has 2 heterocycles. The Balaban J connectivity index is 1.57. The maximum atomic E-state index is 14.3. The maximum Gasteiger partial charge on any atom is 0.459 e. The van der Waals surface area contributed by atoms with E-state index in [9.17, 15) is 28.4 Å². The highest BCUT2D eigenvalue weighted by atomic mass is 31.2. The summed E-state index contributed by atoms with van der Waals surface area (Å²) in [6.07, 6.45) is -2.43. The number of hydrogen-bond acceptors (Lipinski definition) is 9. The minimum Gasteiger partial charge on any atom is -0.464 e. The quantitative estimate of drug-likeness (QED) is 0.188. The molecule has 3 aromatic rings. The molecule has 4 rings (SSSR count). The molecule has 0 amide bonds. The Kier molecular flexibility index (Phi) is 10.6. The molecular formula is C29H37FN3O9P. The standard InChI is InChI=1S/C29H37FN3O9P/c1-5-19(6-2)16-39-28(36)17(3)32-43(38,42-24-13-9-11-20-10-7-8-12-21(20)24)41-18(4)26-23(34)14-25(40-26)33-15-22(30)27(35)31-29(33)37/h7-13,15,17-19,23,25-26,34H,5-6,14,16H2,1-4H3,(H,32,38)(H,31,35,37)/t17-,18+,23-,25+,26+,43+/m0/s1. The van der Waals surface area contributed by atoms with E-state index in [0.29, 0.717) is 11.6 Å². The Morgan fingerprint density at radius 3 is 2.60 bits per heavy atom. The van der Waals surface area contributed by atoms with Crippen LogP contribution in [0.2, 0.25) is 0 Å². The molecule has 2 aromatic carbocycles. The second-order valence-electron chi connectivity index (χ2n) is 10.5. The van der Waals surface area contributed by atoms with Crippen LogP contribution in [0.1, 0.15) is 53.2 Å². The van der Waals surface area contributed by atoms with E-state index in [-0.39, 0.29) is 24.7 Å². The summed E-state index contributed by atoms with van der Waals surface area (Å²) in [7, 11) is -4.39. The topological polar surface area (TPSA) is 158 Å². The summed E-state index contributed by atoms with van der Waals surface area (Å²) >= 11 is 0. The van der Waals surface area contributed by atoms with Crippen LogP contribution in [0.3, 0.4) is 0 Å². The van der Waals surface area contributed by atoms with Crippen LogP contribution in [0.5, 0.6) is 5.75 Å². The fraction of sp³-hybridized carbons (Fsp3) is 0.483. The molecule has 3 N–H and O–H groups in total. The Bertz CT molecular complexity index is 1590. The maximum absolute atomic E-state index is 14.3. The third-order valence-electron chi connectivity index (χ3n) is 7.43. The van der Waals surface area contributed by atoms with Gasteiger partial charge in [0.1, 0.15) is 24.1 Å². The number of halogens is 1. The fourth-order valence-electron chi connectivity index (χ4n) is 4.85. The number of esters is 1. The predicted molar refractivity (Wildman–Crippen MR) is 156 cm³/mol. The molecule has 0 radical (unpaired) electrons. The first kappa shape index (κ1) is 32.6. The molecule has 1 fully saturated rings. The summed E-state index contributed by atoms with van der Waals surface area (Å²) in [6.45, 7) is 7.15. The highest BCUT2D eigenvalue weighted by Gasteiger charge is 2.44. The molecule has 43 heavy (non-hydrogen) atoms. The number of nitrogens with zero attached hydrogens (tertiary/aromatic N) is 1. The first-order chi connectivity index (χ1) is 20.4. The van der Waals surface area contributed by atoms with Crippen molar-refractivity contribution in [2.45, 2.75) is 77.5 Å². The number of aromatic nitrogens is 2. The van der Waals surface area contributed by atoms with Gasteiger partial charge in [0, 0.05) is 11.8 Å². The van der Waals surface area contributed by atoms with Crippen molar-refractivity contribution in [3.05, 3.63) is 75.3 Å². The number of H-pyrrole nitrogens is 1. The lowest BCUT2D eigenvalue weighted by atomic mass is 10.1. The molecule has 1 saturated heterocycles. The normalized spacial score (nSPS) is 21.4. The molecule has 0 bridgehead atoms. The molecular weight excluding hydrogens is 584 g/mol. The second kappa shape index (κ2) is 14.0. The van der Waals surface area contributed by atoms with Crippen molar-refractivity contribution in [3.8, 4) is 5.75 Å². The van der Waals surface area contributed by atoms with Gasteiger partial charge in [0.15, 0.2) is 0 Å². The van der Waals surface area contributed by atoms with Gasteiger partial charge in [-0.2, -0.15) is 9.48 Å². The third-order valence-corrected chi connectivity index (χ3v) is 9.18. The lowest BCUT2D eigenvalue weighted by Gasteiger charge is -2.29. The van der Waals surface area contributed by atoms with Gasteiger partial charge in [-0.3, -0.25) is 23.7 Å². The smallest absolute Gasteiger partial charge is 0.459 e. The number of carbonyl (C=O) groups is 1. The van der Waals surface area contributed by atoms with Crippen LogP contribution < -0.4 is 20.9 Å². The van der Waals surface area contributed by atoms with Crippen LogP contribution in [0.4, 0.5) is 4.39 Å². The number of benzene rings is 2. The molecule has 0 saturated carbocycles. The highest BCUT2D eigenvalue weighted by Crippen LogP contribution is 2.49. The second-order valence-corrected chi connectivity index (χ2v) is 12.2. The van der Waals surface area contributed by atoms with E-state index in [2.05, 4.69) is 5.09 Å². The van der Waals surface area contributed by atoms with Gasteiger partial charge < -0.3 is 19.1 Å². The summed E-state index contributed by atoms with van der Waals surface area (Å²) in [5.74, 6) is -1.45. The van der Waals surface area contributed by atoms with Crippen LogP contribution in [-0.2, 0) is 23.4 Å². The van der Waals surface area contributed by atoms with Gasteiger partial charge in [-0.1, -0.05) is 63.1 Å². The summed E-state index contributed by atoms with van der Waals surface area (Å²) in [6, 6.07) is 11.3. The molecule has 0 unspecified atom stereocenters. The SMILES string of the molecule is CCC(CC)COC(=O)[C@H](C)N[P@](=O)(Oc1cccc2ccccc12)O[C@H](C)[C@H]1O[C@@H](n2cc(F)c(=O)[nH]c2=O)C[C@@H]1O. The van der Waals surface area contributed by atoms with Crippen molar-refractivity contribution in [1.82, 2.24) is 14.6 Å². The van der Waals surface area contributed by atoms with Crippen molar-refractivity contribution in [3.63, 3.8) is 0 Å². The van der Waals surface area contributed by atoms with E-state index in [1.165, 1.54) is 13.8 Å². The minimum absolute atomic E-state index is 0.148. The Morgan fingerprint density at radius 2 is 1.88 bits per heavy atom. The van der Waals surface area contributed by atoms with Crippen molar-refractivity contribution >= 4 is 24.5 Å². The fourth-order valence-corrected chi connectivity index (χ4v) is 6.56. The minimum atomic E-state index is -4.39. The summed E-state index contributed by atoms with van der Waals surface area (Å²) in [5, 5.41) is 14.9. The van der Waals surface area contributed by atoms with Crippen LogP contribution in [-0.4, -0.2) is 51.6 Å². The molecule has 234 valence electrons. The van der Waals surface area contributed by atoms with Crippen LogP contribution >= 0.6 is 7.75 Å². The zero-order valence-corrected chi connectivity index (χ0v) is 25.3. The number of ether oxygens (including phenoxy) is 2.